The standard InChI is InChI=1S/C21H30N4O4Si/c1-5-29-20(28)14-17(12-13-30(2,3)4)25-19(27)11-10-18(26)24-16-8-6-15(7-9-16)21(22)23/h6-9,17H,5,10-11,14H2,1-4H3,(H3,22,23)(H,24,26)(H,25,27). The van der Waals surface area contributed by atoms with Gasteiger partial charge in [0, 0.05) is 24.1 Å². The van der Waals surface area contributed by atoms with Crippen LogP contribution in [0, 0.1) is 16.9 Å². The number of carbonyl (C=O) groups excluding carboxylic acids is 3. The molecule has 1 aromatic rings. The Labute approximate surface area is 178 Å². The Morgan fingerprint density at radius 3 is 2.27 bits per heavy atom. The van der Waals surface area contributed by atoms with Crippen molar-refractivity contribution in [1.82, 2.24) is 5.32 Å². The van der Waals surface area contributed by atoms with Crippen molar-refractivity contribution >= 4 is 37.4 Å². The number of nitrogens with one attached hydrogen (secondary N) is 3. The summed E-state index contributed by atoms with van der Waals surface area (Å²) >= 11 is 0. The van der Waals surface area contributed by atoms with Crippen molar-refractivity contribution in [2.75, 3.05) is 11.9 Å². The van der Waals surface area contributed by atoms with Crippen molar-refractivity contribution in [2.24, 2.45) is 5.73 Å². The van der Waals surface area contributed by atoms with Gasteiger partial charge in [-0.2, -0.15) is 0 Å². The summed E-state index contributed by atoms with van der Waals surface area (Å²) < 4.78 is 4.94. The second-order valence-corrected chi connectivity index (χ2v) is 12.4. The number of ether oxygens (including phenoxy) is 1. The maximum atomic E-state index is 12.3. The van der Waals surface area contributed by atoms with Gasteiger partial charge in [0.15, 0.2) is 0 Å². The molecule has 5 N–H and O–H groups in total. The molecule has 0 bridgehead atoms. The van der Waals surface area contributed by atoms with Gasteiger partial charge in [0.05, 0.1) is 13.0 Å². The summed E-state index contributed by atoms with van der Waals surface area (Å²) in [5, 5.41) is 12.7. The highest BCUT2D eigenvalue weighted by Gasteiger charge is 2.17. The lowest BCUT2D eigenvalue weighted by Crippen LogP contribution is -2.36. The van der Waals surface area contributed by atoms with Crippen LogP contribution in [0.3, 0.4) is 0 Å². The number of nitrogens with two attached hydrogens (primary N) is 1. The average molecular weight is 431 g/mol. The smallest absolute Gasteiger partial charge is 0.308 e. The highest BCUT2D eigenvalue weighted by Crippen LogP contribution is 2.10. The number of rotatable bonds is 9. The molecule has 0 aliphatic rings. The van der Waals surface area contributed by atoms with Gasteiger partial charge in [0.25, 0.3) is 0 Å². The lowest BCUT2D eigenvalue weighted by atomic mass is 10.2. The molecule has 0 spiro atoms. The van der Waals surface area contributed by atoms with Crippen LogP contribution in [-0.2, 0) is 19.1 Å². The number of amides is 2. The van der Waals surface area contributed by atoms with E-state index in [2.05, 4.69) is 41.7 Å². The van der Waals surface area contributed by atoms with Gasteiger partial charge >= 0.3 is 5.97 Å². The van der Waals surface area contributed by atoms with Gasteiger partial charge in [-0.1, -0.05) is 25.6 Å². The zero-order chi connectivity index (χ0) is 22.7. The first-order chi connectivity index (χ1) is 14.0. The van der Waals surface area contributed by atoms with Crippen molar-refractivity contribution in [3.05, 3.63) is 29.8 Å². The summed E-state index contributed by atoms with van der Waals surface area (Å²) in [6.07, 6.45) is -0.0923. The van der Waals surface area contributed by atoms with Crippen molar-refractivity contribution in [1.29, 1.82) is 5.41 Å². The molecule has 8 nitrogen and oxygen atoms in total. The Hall–Kier alpha value is -3.12. The van der Waals surface area contributed by atoms with E-state index in [1.54, 1.807) is 31.2 Å². The zero-order valence-corrected chi connectivity index (χ0v) is 18.9. The van der Waals surface area contributed by atoms with E-state index in [4.69, 9.17) is 15.9 Å². The minimum absolute atomic E-state index is 0.0200. The van der Waals surface area contributed by atoms with E-state index in [-0.39, 0.29) is 43.5 Å². The zero-order valence-electron chi connectivity index (χ0n) is 17.9. The van der Waals surface area contributed by atoms with Crippen LogP contribution in [0.1, 0.15) is 31.7 Å². The molecule has 0 saturated heterocycles. The van der Waals surface area contributed by atoms with Gasteiger partial charge in [-0.05, 0) is 31.2 Å². The van der Waals surface area contributed by atoms with E-state index in [0.29, 0.717) is 11.3 Å². The molecule has 0 heterocycles. The topological polar surface area (TPSA) is 134 Å². The van der Waals surface area contributed by atoms with Crippen molar-refractivity contribution < 1.29 is 19.1 Å². The van der Waals surface area contributed by atoms with E-state index in [1.807, 2.05) is 0 Å². The lowest BCUT2D eigenvalue weighted by molar-refractivity contribution is -0.143. The summed E-state index contributed by atoms with van der Waals surface area (Å²) in [4.78, 5) is 36.1. The molecule has 162 valence electrons. The van der Waals surface area contributed by atoms with Crippen molar-refractivity contribution in [3.8, 4) is 11.5 Å². The Morgan fingerprint density at radius 1 is 1.13 bits per heavy atom. The fraction of sp³-hybridized carbons (Fsp3) is 0.429. The van der Waals surface area contributed by atoms with E-state index < -0.39 is 20.1 Å². The Balaban J connectivity index is 2.60. The molecule has 0 aliphatic carbocycles. The summed E-state index contributed by atoms with van der Waals surface area (Å²) in [7, 11) is -1.68. The van der Waals surface area contributed by atoms with Crippen LogP contribution < -0.4 is 16.4 Å². The maximum Gasteiger partial charge on any atom is 0.308 e. The molecule has 0 radical (unpaired) electrons. The van der Waals surface area contributed by atoms with Crippen LogP contribution in [0.15, 0.2) is 24.3 Å². The largest absolute Gasteiger partial charge is 0.466 e. The van der Waals surface area contributed by atoms with Crippen LogP contribution in [-0.4, -0.2) is 44.3 Å². The molecule has 0 fully saturated rings. The SMILES string of the molecule is CCOC(=O)CC(C#C[Si](C)(C)C)NC(=O)CCC(=O)Nc1ccc(C(=N)N)cc1. The molecule has 2 amide bonds. The second kappa shape index (κ2) is 11.8. The van der Waals surface area contributed by atoms with E-state index in [1.165, 1.54) is 0 Å². The van der Waals surface area contributed by atoms with Gasteiger partial charge in [0.2, 0.25) is 11.8 Å². The van der Waals surface area contributed by atoms with Crippen LogP contribution >= 0.6 is 0 Å². The molecule has 30 heavy (non-hydrogen) atoms. The van der Waals surface area contributed by atoms with Gasteiger partial charge in [-0.15, -0.1) is 5.54 Å². The minimum atomic E-state index is -1.68. The van der Waals surface area contributed by atoms with Gasteiger partial charge < -0.3 is 21.1 Å². The van der Waals surface area contributed by atoms with Crippen LogP contribution in [0.5, 0.6) is 0 Å². The molecular formula is C21H30N4O4Si. The summed E-state index contributed by atoms with van der Waals surface area (Å²) in [6, 6.07) is 5.88. The van der Waals surface area contributed by atoms with Crippen molar-refractivity contribution in [3.63, 3.8) is 0 Å². The number of anilines is 1. The summed E-state index contributed by atoms with van der Waals surface area (Å²) in [6.45, 7) is 8.17. The Kier molecular flexibility index (Phi) is 9.78. The highest BCUT2D eigenvalue weighted by atomic mass is 28.3. The number of nitrogen functional groups attached to an aromatic ring is 1. The third-order valence-corrected chi connectivity index (χ3v) is 4.59. The molecule has 0 saturated carbocycles. The number of hydrogen-bond donors (Lipinski definition) is 4. The second-order valence-electron chi connectivity index (χ2n) is 7.69. The Bertz CT molecular complexity index is 835. The fourth-order valence-corrected chi connectivity index (χ4v) is 2.89. The third-order valence-electron chi connectivity index (χ3n) is 3.69. The molecule has 1 atom stereocenters. The predicted octanol–water partition coefficient (Wildman–Crippen LogP) is 2.01. The highest BCUT2D eigenvalue weighted by molar-refractivity contribution is 6.83. The Morgan fingerprint density at radius 2 is 1.73 bits per heavy atom. The molecule has 0 aromatic heterocycles. The van der Waals surface area contributed by atoms with E-state index in [9.17, 15) is 14.4 Å². The molecule has 9 heteroatoms. The number of esters is 1. The number of benzene rings is 1. The first-order valence-electron chi connectivity index (χ1n) is 9.72. The number of amidine groups is 1. The minimum Gasteiger partial charge on any atom is -0.466 e. The molecule has 1 aromatic carbocycles. The van der Waals surface area contributed by atoms with Crippen LogP contribution in [0.25, 0.3) is 0 Å². The van der Waals surface area contributed by atoms with Gasteiger partial charge in [0.1, 0.15) is 20.0 Å². The van der Waals surface area contributed by atoms with Crippen LogP contribution in [0.2, 0.25) is 19.6 Å². The maximum absolute atomic E-state index is 12.3. The number of hydrogen-bond acceptors (Lipinski definition) is 5. The van der Waals surface area contributed by atoms with Crippen LogP contribution in [0.4, 0.5) is 5.69 Å². The average Bonchev–Trinajstić information content (AvgIpc) is 2.64. The molecule has 1 unspecified atom stereocenters. The molecular weight excluding hydrogens is 400 g/mol. The van der Waals surface area contributed by atoms with E-state index >= 15 is 0 Å². The van der Waals surface area contributed by atoms with Gasteiger partial charge in [-0.25, -0.2) is 0 Å². The predicted molar refractivity (Wildman–Crippen MR) is 120 cm³/mol. The van der Waals surface area contributed by atoms with Gasteiger partial charge in [-0.3, -0.25) is 19.8 Å². The quantitative estimate of drug-likeness (QED) is 0.156. The monoisotopic (exact) mass is 430 g/mol. The molecule has 1 rings (SSSR count). The summed E-state index contributed by atoms with van der Waals surface area (Å²) in [5.74, 6) is 1.80. The van der Waals surface area contributed by atoms with E-state index in [0.717, 1.165) is 0 Å². The lowest BCUT2D eigenvalue weighted by Gasteiger charge is -2.14. The third kappa shape index (κ3) is 10.4. The number of carbonyl (C=O) groups is 3. The van der Waals surface area contributed by atoms with Crippen molar-refractivity contribution in [2.45, 2.75) is 51.9 Å². The fourth-order valence-electron chi connectivity index (χ4n) is 2.28. The normalized spacial score (nSPS) is 11.5. The molecule has 0 aliphatic heterocycles. The first-order valence-corrected chi connectivity index (χ1v) is 13.2. The summed E-state index contributed by atoms with van der Waals surface area (Å²) in [5.41, 5.74) is 9.64. The first kappa shape index (κ1) is 24.9.